The number of nitrogens with zero attached hydrogens (tertiary/aromatic N) is 2. The third-order valence-corrected chi connectivity index (χ3v) is 4.38. The number of hydrogen-bond acceptors (Lipinski definition) is 5. The van der Waals surface area contributed by atoms with Crippen LogP contribution < -0.4 is 10.1 Å². The molecule has 4 rings (SSSR count). The first-order valence-electron chi connectivity index (χ1n) is 9.32. The van der Waals surface area contributed by atoms with Crippen molar-refractivity contribution < 1.29 is 18.4 Å². The maximum atomic E-state index is 13.8. The monoisotopic (exact) mass is 403 g/mol. The summed E-state index contributed by atoms with van der Waals surface area (Å²) in [6, 6.07) is 22.4. The van der Waals surface area contributed by atoms with Gasteiger partial charge in [-0.05, 0) is 31.2 Å². The number of para-hydroxylation sites is 2. The molecule has 0 spiro atoms. The zero-order valence-corrected chi connectivity index (χ0v) is 16.1. The number of carbonyl (C=O) groups is 1. The van der Waals surface area contributed by atoms with Gasteiger partial charge in [-0.1, -0.05) is 59.8 Å². The number of hydrogen-bond donors (Lipinski definition) is 1. The Hall–Kier alpha value is -4.00. The molecule has 3 aromatic carbocycles. The average molecular weight is 403 g/mol. The van der Waals surface area contributed by atoms with Crippen LogP contribution in [0.4, 0.5) is 10.1 Å². The van der Waals surface area contributed by atoms with Crippen molar-refractivity contribution in [3.63, 3.8) is 0 Å². The van der Waals surface area contributed by atoms with Crippen LogP contribution in [0.3, 0.4) is 0 Å². The summed E-state index contributed by atoms with van der Waals surface area (Å²) >= 11 is 0. The molecule has 0 aliphatic heterocycles. The third-order valence-electron chi connectivity index (χ3n) is 4.38. The van der Waals surface area contributed by atoms with E-state index in [9.17, 15) is 9.18 Å². The Bertz CT molecular complexity index is 1160. The summed E-state index contributed by atoms with van der Waals surface area (Å²) in [4.78, 5) is 17.0. The summed E-state index contributed by atoms with van der Waals surface area (Å²) in [7, 11) is 0. The maximum absolute atomic E-state index is 13.8. The lowest BCUT2D eigenvalue weighted by atomic mass is 10.1. The molecule has 150 valence electrons. The Balaban J connectivity index is 1.53. The predicted molar refractivity (Wildman–Crippen MR) is 110 cm³/mol. The van der Waals surface area contributed by atoms with Crippen LogP contribution in [0.5, 0.6) is 5.75 Å². The Morgan fingerprint density at radius 3 is 2.50 bits per heavy atom. The molecule has 7 heteroatoms. The van der Waals surface area contributed by atoms with Gasteiger partial charge in [-0.15, -0.1) is 0 Å². The first kappa shape index (κ1) is 19.3. The Morgan fingerprint density at radius 2 is 1.70 bits per heavy atom. The van der Waals surface area contributed by atoms with Gasteiger partial charge in [-0.25, -0.2) is 4.39 Å². The van der Waals surface area contributed by atoms with E-state index < -0.39 is 17.8 Å². The predicted octanol–water partition coefficient (Wildman–Crippen LogP) is 4.95. The van der Waals surface area contributed by atoms with E-state index in [1.165, 1.54) is 12.1 Å². The zero-order chi connectivity index (χ0) is 20.9. The molecular formula is C23H18FN3O3. The van der Waals surface area contributed by atoms with Crippen LogP contribution >= 0.6 is 0 Å². The second kappa shape index (κ2) is 8.57. The van der Waals surface area contributed by atoms with Crippen LogP contribution in [0.1, 0.15) is 6.92 Å². The van der Waals surface area contributed by atoms with Gasteiger partial charge in [0.2, 0.25) is 5.82 Å². The number of halogens is 1. The Morgan fingerprint density at radius 1 is 1.00 bits per heavy atom. The van der Waals surface area contributed by atoms with Gasteiger partial charge in [0.1, 0.15) is 0 Å². The highest BCUT2D eigenvalue weighted by Crippen LogP contribution is 2.28. The number of nitrogens with one attached hydrogen (secondary N) is 1. The molecule has 1 aromatic heterocycles. The highest BCUT2D eigenvalue weighted by atomic mass is 19.1. The quantitative estimate of drug-likeness (QED) is 0.493. The molecule has 6 nitrogen and oxygen atoms in total. The number of benzene rings is 3. The number of carbonyl (C=O) groups excluding carboxylic acids is 1. The van der Waals surface area contributed by atoms with Gasteiger partial charge in [0.15, 0.2) is 17.7 Å². The summed E-state index contributed by atoms with van der Waals surface area (Å²) in [5.74, 6) is -0.237. The lowest BCUT2D eigenvalue weighted by Gasteiger charge is -2.16. The molecule has 1 amide bonds. The molecule has 0 unspecified atom stereocenters. The summed E-state index contributed by atoms with van der Waals surface area (Å²) in [5, 5.41) is 6.80. The van der Waals surface area contributed by atoms with Gasteiger partial charge < -0.3 is 14.6 Å². The van der Waals surface area contributed by atoms with Gasteiger partial charge in [-0.3, -0.25) is 4.79 Å². The number of ether oxygens (including phenoxy) is 1. The van der Waals surface area contributed by atoms with E-state index >= 15 is 0 Å². The molecule has 0 saturated heterocycles. The minimum Gasteiger partial charge on any atom is -0.478 e. The van der Waals surface area contributed by atoms with E-state index in [4.69, 9.17) is 9.26 Å². The van der Waals surface area contributed by atoms with Crippen molar-refractivity contribution in [2.75, 3.05) is 5.32 Å². The fourth-order valence-electron chi connectivity index (χ4n) is 2.83. The number of aromatic nitrogens is 2. The van der Waals surface area contributed by atoms with Crippen molar-refractivity contribution in [2.45, 2.75) is 13.0 Å². The second-order valence-corrected chi connectivity index (χ2v) is 6.51. The summed E-state index contributed by atoms with van der Waals surface area (Å²) in [6.07, 6.45) is -0.919. The Labute approximate surface area is 172 Å². The van der Waals surface area contributed by atoms with Crippen molar-refractivity contribution in [2.24, 2.45) is 0 Å². The van der Waals surface area contributed by atoms with Crippen LogP contribution in [-0.4, -0.2) is 22.2 Å². The molecule has 0 aliphatic carbocycles. The molecule has 0 bridgehead atoms. The van der Waals surface area contributed by atoms with Crippen molar-refractivity contribution in [1.82, 2.24) is 10.1 Å². The first-order valence-corrected chi connectivity index (χ1v) is 9.32. The molecule has 1 N–H and O–H groups in total. The van der Waals surface area contributed by atoms with Crippen molar-refractivity contribution in [3.05, 3.63) is 84.7 Å². The van der Waals surface area contributed by atoms with E-state index in [0.717, 1.165) is 5.56 Å². The van der Waals surface area contributed by atoms with Crippen LogP contribution in [0.2, 0.25) is 0 Å². The van der Waals surface area contributed by atoms with Crippen molar-refractivity contribution in [1.29, 1.82) is 0 Å². The van der Waals surface area contributed by atoms with Gasteiger partial charge in [0.25, 0.3) is 11.8 Å². The zero-order valence-electron chi connectivity index (χ0n) is 16.1. The molecule has 30 heavy (non-hydrogen) atoms. The van der Waals surface area contributed by atoms with Gasteiger partial charge in [0.05, 0.1) is 11.3 Å². The van der Waals surface area contributed by atoms with Crippen molar-refractivity contribution in [3.8, 4) is 28.6 Å². The molecule has 1 heterocycles. The van der Waals surface area contributed by atoms with Gasteiger partial charge in [-0.2, -0.15) is 4.98 Å². The van der Waals surface area contributed by atoms with E-state index in [1.54, 1.807) is 43.3 Å². The van der Waals surface area contributed by atoms with Crippen LogP contribution in [0, 0.1) is 5.82 Å². The lowest BCUT2D eigenvalue weighted by Crippen LogP contribution is -2.30. The van der Waals surface area contributed by atoms with E-state index in [0.29, 0.717) is 17.1 Å². The summed E-state index contributed by atoms with van der Waals surface area (Å²) in [5.41, 5.74) is 1.87. The minimum atomic E-state index is -0.919. The molecule has 0 saturated carbocycles. The third kappa shape index (κ3) is 4.20. The highest BCUT2D eigenvalue weighted by Gasteiger charge is 2.20. The number of rotatable bonds is 6. The Kier molecular flexibility index (Phi) is 5.52. The van der Waals surface area contributed by atoms with Crippen molar-refractivity contribution >= 4 is 11.6 Å². The summed E-state index contributed by atoms with van der Waals surface area (Å²) in [6.45, 7) is 1.55. The minimum absolute atomic E-state index is 0.0119. The molecular weight excluding hydrogens is 385 g/mol. The van der Waals surface area contributed by atoms with Crippen LogP contribution in [0.15, 0.2) is 83.4 Å². The smallest absolute Gasteiger partial charge is 0.265 e. The fraction of sp³-hybridized carbons (Fsp3) is 0.0870. The molecule has 1 atom stereocenters. The lowest BCUT2D eigenvalue weighted by molar-refractivity contribution is -0.122. The van der Waals surface area contributed by atoms with E-state index in [1.807, 2.05) is 30.3 Å². The van der Waals surface area contributed by atoms with Gasteiger partial charge in [0, 0.05) is 5.56 Å². The molecule has 0 fully saturated rings. The number of amides is 1. The first-order chi connectivity index (χ1) is 14.6. The molecule has 0 radical (unpaired) electrons. The second-order valence-electron chi connectivity index (χ2n) is 6.51. The largest absolute Gasteiger partial charge is 0.478 e. The van der Waals surface area contributed by atoms with Crippen LogP contribution in [-0.2, 0) is 4.79 Å². The highest BCUT2D eigenvalue weighted by molar-refractivity contribution is 5.97. The average Bonchev–Trinajstić information content (AvgIpc) is 3.26. The normalized spacial score (nSPS) is 11.7. The summed E-state index contributed by atoms with van der Waals surface area (Å²) < 4.78 is 24.6. The number of anilines is 1. The van der Waals surface area contributed by atoms with Crippen LogP contribution in [0.25, 0.3) is 22.8 Å². The van der Waals surface area contributed by atoms with E-state index in [2.05, 4.69) is 15.5 Å². The molecule has 4 aromatic rings. The standard InChI is InChI=1S/C23H18FN3O3/c1-15(29-20-14-8-6-12-18(20)24)22(28)25-19-13-7-5-11-17(19)23-26-21(27-30-23)16-9-3-2-4-10-16/h2-15H,1H3,(H,25,28)/t15-/m1/s1. The topological polar surface area (TPSA) is 77.2 Å². The molecule has 0 aliphatic rings. The van der Waals surface area contributed by atoms with Gasteiger partial charge >= 0.3 is 0 Å². The van der Waals surface area contributed by atoms with E-state index in [-0.39, 0.29) is 11.6 Å². The fourth-order valence-corrected chi connectivity index (χ4v) is 2.83. The SMILES string of the molecule is C[C@@H](Oc1ccccc1F)C(=O)Nc1ccccc1-c1nc(-c2ccccc2)no1. The maximum Gasteiger partial charge on any atom is 0.265 e.